The number of nitrogens with two attached hydrogens (primary N) is 1. The Morgan fingerprint density at radius 3 is 2.37 bits per heavy atom. The summed E-state index contributed by atoms with van der Waals surface area (Å²) in [5.74, 6) is 0.566. The summed E-state index contributed by atoms with van der Waals surface area (Å²) in [6.45, 7) is 0. The fourth-order valence-electron chi connectivity index (χ4n) is 2.46. The van der Waals surface area contributed by atoms with Gasteiger partial charge in [0.2, 0.25) is 15.2 Å². The molecule has 156 valence electrons. The minimum absolute atomic E-state index is 0.0103. The van der Waals surface area contributed by atoms with Crippen molar-refractivity contribution >= 4 is 54.3 Å². The molecule has 3 heterocycles. The molecule has 9 nitrogen and oxygen atoms in total. The third-order valence-corrected chi connectivity index (χ3v) is 9.41. The zero-order chi connectivity index (χ0) is 21.5. The normalized spacial score (nSPS) is 12.3. The molecular weight excluding hydrogens is 487 g/mol. The van der Waals surface area contributed by atoms with Crippen LogP contribution in [-0.2, 0) is 19.9 Å². The maximum Gasteiger partial charge on any atom is 0.238 e. The van der Waals surface area contributed by atoms with Gasteiger partial charge in [-0.2, -0.15) is 0 Å². The van der Waals surface area contributed by atoms with Gasteiger partial charge in [-0.1, -0.05) is 17.4 Å². The van der Waals surface area contributed by atoms with Gasteiger partial charge in [-0.3, -0.25) is 4.57 Å². The first-order valence-electron chi connectivity index (χ1n) is 8.09. The van der Waals surface area contributed by atoms with E-state index < -0.39 is 19.9 Å². The van der Waals surface area contributed by atoms with Crippen molar-refractivity contribution < 1.29 is 16.8 Å². The minimum atomic E-state index is -3.82. The van der Waals surface area contributed by atoms with Crippen LogP contribution < -0.4 is 5.14 Å². The Labute approximate surface area is 184 Å². The smallest absolute Gasteiger partial charge is 0.238 e. The molecule has 1 aromatic carbocycles. The molecule has 0 aliphatic carbocycles. The second-order valence-corrected chi connectivity index (χ2v) is 13.0. The van der Waals surface area contributed by atoms with Crippen LogP contribution in [0.15, 0.2) is 66.6 Å². The maximum atomic E-state index is 11.7. The molecule has 2 N–H and O–H groups in total. The molecule has 0 radical (unpaired) electrons. The maximum absolute atomic E-state index is 11.7. The number of thiophene rings is 1. The lowest BCUT2D eigenvalue weighted by Gasteiger charge is -2.09. The van der Waals surface area contributed by atoms with Crippen LogP contribution in [0.3, 0.4) is 0 Å². The number of rotatable bonds is 6. The molecule has 0 fully saturated rings. The molecule has 4 rings (SSSR count). The number of benzene rings is 1. The topological polar surface area (TPSA) is 138 Å². The van der Waals surface area contributed by atoms with Crippen molar-refractivity contribution in [3.05, 3.63) is 48.0 Å². The van der Waals surface area contributed by atoms with Gasteiger partial charge < -0.3 is 0 Å². The third kappa shape index (κ3) is 4.33. The van der Waals surface area contributed by atoms with E-state index in [1.807, 2.05) is 17.5 Å². The molecule has 0 aliphatic heterocycles. The highest BCUT2D eigenvalue weighted by Gasteiger charge is 2.20. The van der Waals surface area contributed by atoms with Crippen LogP contribution in [0.2, 0.25) is 0 Å². The van der Waals surface area contributed by atoms with Gasteiger partial charge >= 0.3 is 0 Å². The number of hydrogen-bond acceptors (Lipinski definition) is 10. The highest BCUT2D eigenvalue weighted by molar-refractivity contribution is 8.01. The zero-order valence-corrected chi connectivity index (χ0v) is 19.2. The van der Waals surface area contributed by atoms with E-state index in [4.69, 9.17) is 5.14 Å². The molecule has 0 saturated carbocycles. The quantitative estimate of drug-likeness (QED) is 0.427. The summed E-state index contributed by atoms with van der Waals surface area (Å²) < 4.78 is 49.0. The number of primary sulfonamides is 1. The zero-order valence-electron chi connectivity index (χ0n) is 15.2. The van der Waals surface area contributed by atoms with Crippen molar-refractivity contribution in [2.75, 3.05) is 6.26 Å². The molecule has 0 bridgehead atoms. The highest BCUT2D eigenvalue weighted by atomic mass is 32.2. The number of thiazole rings is 1. The monoisotopic (exact) mass is 499 g/mol. The van der Waals surface area contributed by atoms with E-state index in [1.165, 1.54) is 41.4 Å². The van der Waals surface area contributed by atoms with E-state index in [-0.39, 0.29) is 9.10 Å². The van der Waals surface area contributed by atoms with Gasteiger partial charge in [0.25, 0.3) is 0 Å². The molecule has 0 unspecified atom stereocenters. The summed E-state index contributed by atoms with van der Waals surface area (Å²) in [4.78, 5) is 5.01. The molecule has 30 heavy (non-hydrogen) atoms. The van der Waals surface area contributed by atoms with Crippen LogP contribution in [0, 0.1) is 0 Å². The van der Waals surface area contributed by atoms with Gasteiger partial charge in [-0.05, 0) is 47.5 Å². The van der Waals surface area contributed by atoms with Gasteiger partial charge in [0.05, 0.1) is 16.0 Å². The molecular formula is C16H13N5O4S5. The summed E-state index contributed by atoms with van der Waals surface area (Å²) in [6.07, 6.45) is 2.43. The fraction of sp³-hybridized carbons (Fsp3) is 0.0625. The molecule has 0 saturated heterocycles. The van der Waals surface area contributed by atoms with Crippen molar-refractivity contribution in [2.45, 2.75) is 18.6 Å². The average Bonchev–Trinajstić information content (AvgIpc) is 3.41. The lowest BCUT2D eigenvalue weighted by molar-refractivity contribution is 0.597. The molecule has 14 heteroatoms. The van der Waals surface area contributed by atoms with E-state index in [0.29, 0.717) is 21.0 Å². The van der Waals surface area contributed by atoms with Gasteiger partial charge in [-0.15, -0.1) is 21.5 Å². The van der Waals surface area contributed by atoms with Crippen molar-refractivity contribution in [2.24, 2.45) is 5.14 Å². The average molecular weight is 500 g/mol. The first-order valence-corrected chi connectivity index (χ1v) is 14.0. The number of sulfonamides is 1. The lowest BCUT2D eigenvalue weighted by atomic mass is 10.3. The second kappa shape index (κ2) is 7.86. The second-order valence-electron chi connectivity index (χ2n) is 5.98. The van der Waals surface area contributed by atoms with Crippen LogP contribution in [0.4, 0.5) is 0 Å². The largest absolute Gasteiger partial charge is 0.269 e. The van der Waals surface area contributed by atoms with E-state index in [9.17, 15) is 16.8 Å². The Morgan fingerprint density at radius 1 is 1.07 bits per heavy atom. The number of hydrogen-bond donors (Lipinski definition) is 1. The summed E-state index contributed by atoms with van der Waals surface area (Å²) in [5.41, 5.74) is 0.623. The molecule has 0 aliphatic rings. The first-order chi connectivity index (χ1) is 14.1. The predicted octanol–water partition coefficient (Wildman–Crippen LogP) is 2.65. The molecule has 0 spiro atoms. The van der Waals surface area contributed by atoms with Crippen molar-refractivity contribution in [3.8, 4) is 16.4 Å². The van der Waals surface area contributed by atoms with E-state index in [2.05, 4.69) is 15.2 Å². The van der Waals surface area contributed by atoms with Crippen LogP contribution in [0.5, 0.6) is 0 Å². The van der Waals surface area contributed by atoms with Crippen molar-refractivity contribution in [1.82, 2.24) is 19.7 Å². The number of sulfone groups is 1. The number of nitrogens with zero attached hydrogens (tertiary/aromatic N) is 4. The third-order valence-electron chi connectivity index (χ3n) is 3.81. The van der Waals surface area contributed by atoms with Crippen molar-refractivity contribution in [3.63, 3.8) is 0 Å². The Bertz CT molecular complexity index is 1410. The first kappa shape index (κ1) is 21.1. The summed E-state index contributed by atoms with van der Waals surface area (Å²) in [5, 5.41) is 16.1. The summed E-state index contributed by atoms with van der Waals surface area (Å²) in [7, 11) is -7.17. The molecule has 3 aromatic heterocycles. The van der Waals surface area contributed by atoms with E-state index in [1.54, 1.807) is 16.7 Å². The standard InChI is InChI=1S/C16H13N5O4S5/c1-29(22,23)13-9-18-16(27-13)28-15-20-19-14(12-3-2-8-26-12)21(15)10-4-6-11(7-5-10)30(17,24)25/h2-9H,1H3,(H2,17,24,25). The van der Waals surface area contributed by atoms with Crippen LogP contribution in [0.1, 0.15) is 0 Å². The van der Waals surface area contributed by atoms with Gasteiger partial charge in [0.1, 0.15) is 4.21 Å². The van der Waals surface area contributed by atoms with E-state index >= 15 is 0 Å². The Balaban J connectivity index is 1.79. The van der Waals surface area contributed by atoms with Crippen LogP contribution in [-0.4, -0.2) is 42.8 Å². The van der Waals surface area contributed by atoms with Gasteiger partial charge in [-0.25, -0.2) is 27.0 Å². The molecule has 4 aromatic rings. The van der Waals surface area contributed by atoms with E-state index in [0.717, 1.165) is 22.5 Å². The van der Waals surface area contributed by atoms with Crippen LogP contribution >= 0.6 is 34.4 Å². The SMILES string of the molecule is CS(=O)(=O)c1cnc(Sc2nnc(-c3cccs3)n2-c2ccc(S(N)(=O)=O)cc2)s1. The highest BCUT2D eigenvalue weighted by Crippen LogP contribution is 2.36. The minimum Gasteiger partial charge on any atom is -0.269 e. The van der Waals surface area contributed by atoms with Gasteiger partial charge in [0, 0.05) is 11.9 Å². The molecule has 0 atom stereocenters. The van der Waals surface area contributed by atoms with Crippen LogP contribution in [0.25, 0.3) is 16.4 Å². The predicted molar refractivity (Wildman–Crippen MR) is 115 cm³/mol. The Morgan fingerprint density at radius 2 is 1.80 bits per heavy atom. The Hall–Kier alpha value is -2.10. The fourth-order valence-corrected chi connectivity index (χ4v) is 6.59. The molecule has 0 amide bonds. The lowest BCUT2D eigenvalue weighted by Crippen LogP contribution is -2.12. The number of aromatic nitrogens is 4. The summed E-state index contributed by atoms with van der Waals surface area (Å²) in [6, 6.07) is 9.80. The Kier molecular flexibility index (Phi) is 5.54. The van der Waals surface area contributed by atoms with Crippen molar-refractivity contribution in [1.29, 1.82) is 0 Å². The summed E-state index contributed by atoms with van der Waals surface area (Å²) >= 11 is 3.69. The van der Waals surface area contributed by atoms with Gasteiger partial charge in [0.15, 0.2) is 20.0 Å².